The highest BCUT2D eigenvalue weighted by molar-refractivity contribution is 7.23. The first-order valence-electron chi connectivity index (χ1n) is 12.6. The third-order valence-electron chi connectivity index (χ3n) is 6.98. The zero-order chi connectivity index (χ0) is 25.5. The van der Waals surface area contributed by atoms with E-state index in [9.17, 15) is 4.79 Å². The summed E-state index contributed by atoms with van der Waals surface area (Å²) in [6, 6.07) is 43.5. The molecule has 0 N–H and O–H groups in total. The Morgan fingerprint density at radius 3 is 1.68 bits per heavy atom. The first-order valence-corrected chi connectivity index (χ1v) is 14.3. The molecular weight excluding hydrogens is 501 g/mol. The molecule has 2 aromatic heterocycles. The standard InChI is InChI=1S/C35H22OS2/c36-33(26-14-8-3-9-15-26)27-18-16-23(17-19-27)30-22-29-32(25-12-6-2-7-13-25)34-28(20-21-37-34)31(35(29)38-30)24-10-4-1-5-11-24/h1-22H. The number of carbonyl (C=O) groups excluding carboxylic acids is 1. The van der Waals surface area contributed by atoms with Gasteiger partial charge < -0.3 is 0 Å². The van der Waals surface area contributed by atoms with E-state index in [-0.39, 0.29) is 5.78 Å². The minimum absolute atomic E-state index is 0.0476. The lowest BCUT2D eigenvalue weighted by molar-refractivity contribution is 0.103. The second kappa shape index (κ2) is 9.53. The van der Waals surface area contributed by atoms with Gasteiger partial charge in [-0.25, -0.2) is 0 Å². The normalized spacial score (nSPS) is 11.3. The van der Waals surface area contributed by atoms with Gasteiger partial charge in [-0.2, -0.15) is 0 Å². The molecule has 7 rings (SSSR count). The lowest BCUT2D eigenvalue weighted by Crippen LogP contribution is -2.00. The molecule has 0 spiro atoms. The summed E-state index contributed by atoms with van der Waals surface area (Å²) in [5.41, 5.74) is 7.60. The molecule has 7 aromatic rings. The maximum atomic E-state index is 12.9. The van der Waals surface area contributed by atoms with Crippen molar-refractivity contribution >= 4 is 48.6 Å². The van der Waals surface area contributed by atoms with Crippen molar-refractivity contribution < 1.29 is 4.79 Å². The van der Waals surface area contributed by atoms with E-state index in [1.54, 1.807) is 0 Å². The van der Waals surface area contributed by atoms with Gasteiger partial charge in [0.2, 0.25) is 0 Å². The maximum absolute atomic E-state index is 12.9. The molecule has 5 aromatic carbocycles. The number of hydrogen-bond acceptors (Lipinski definition) is 3. The minimum Gasteiger partial charge on any atom is -0.289 e. The van der Waals surface area contributed by atoms with Gasteiger partial charge in [-0.3, -0.25) is 4.79 Å². The first-order chi connectivity index (χ1) is 18.8. The monoisotopic (exact) mass is 522 g/mol. The predicted molar refractivity (Wildman–Crippen MR) is 163 cm³/mol. The fourth-order valence-corrected chi connectivity index (χ4v) is 7.41. The van der Waals surface area contributed by atoms with Crippen molar-refractivity contribution in [3.63, 3.8) is 0 Å². The number of carbonyl (C=O) groups is 1. The van der Waals surface area contributed by atoms with Crippen LogP contribution in [0.15, 0.2) is 133 Å². The summed E-state index contributed by atoms with van der Waals surface area (Å²) in [6.07, 6.45) is 0. The molecule has 0 aliphatic rings. The molecule has 0 aliphatic carbocycles. The molecule has 0 fully saturated rings. The molecule has 0 aliphatic heterocycles. The van der Waals surface area contributed by atoms with Crippen molar-refractivity contribution in [2.75, 3.05) is 0 Å². The summed E-state index contributed by atoms with van der Waals surface area (Å²) in [7, 11) is 0. The largest absolute Gasteiger partial charge is 0.289 e. The van der Waals surface area contributed by atoms with Crippen LogP contribution in [-0.4, -0.2) is 5.78 Å². The molecule has 0 saturated heterocycles. The highest BCUT2D eigenvalue weighted by Gasteiger charge is 2.20. The van der Waals surface area contributed by atoms with Gasteiger partial charge in [0.15, 0.2) is 5.78 Å². The van der Waals surface area contributed by atoms with Gasteiger partial charge in [0, 0.05) is 47.3 Å². The summed E-state index contributed by atoms with van der Waals surface area (Å²) in [4.78, 5) is 14.1. The Morgan fingerprint density at radius 2 is 1.05 bits per heavy atom. The number of benzene rings is 5. The Labute approximate surface area is 229 Å². The SMILES string of the molecule is O=C(c1ccccc1)c1ccc(-c2cc3c(-c4ccccc4)c4sccc4c(-c4ccccc4)c3s2)cc1. The van der Waals surface area contributed by atoms with E-state index in [0.29, 0.717) is 11.1 Å². The van der Waals surface area contributed by atoms with Crippen LogP contribution in [0.5, 0.6) is 0 Å². The average Bonchev–Trinajstić information content (AvgIpc) is 3.65. The minimum atomic E-state index is 0.0476. The van der Waals surface area contributed by atoms with Crippen LogP contribution in [-0.2, 0) is 0 Å². The van der Waals surface area contributed by atoms with Crippen molar-refractivity contribution in [1.29, 1.82) is 0 Å². The van der Waals surface area contributed by atoms with Gasteiger partial charge in [0.25, 0.3) is 0 Å². The second-order valence-electron chi connectivity index (χ2n) is 9.27. The summed E-state index contributed by atoms with van der Waals surface area (Å²) in [6.45, 7) is 0. The van der Waals surface area contributed by atoms with Crippen molar-refractivity contribution in [3.8, 4) is 32.7 Å². The molecule has 180 valence electrons. The Hall–Kier alpha value is -4.31. The molecule has 1 nitrogen and oxygen atoms in total. The first kappa shape index (κ1) is 22.9. The second-order valence-corrected chi connectivity index (χ2v) is 11.2. The van der Waals surface area contributed by atoms with E-state index in [1.165, 1.54) is 47.3 Å². The highest BCUT2D eigenvalue weighted by Crippen LogP contribution is 2.50. The van der Waals surface area contributed by atoms with Crippen LogP contribution in [0.2, 0.25) is 0 Å². The van der Waals surface area contributed by atoms with Crippen molar-refractivity contribution in [2.24, 2.45) is 0 Å². The number of fused-ring (bicyclic) bond motifs is 2. The fourth-order valence-electron chi connectivity index (χ4n) is 5.17. The predicted octanol–water partition coefficient (Wildman–Crippen LogP) is 10.3. The Morgan fingerprint density at radius 1 is 0.500 bits per heavy atom. The summed E-state index contributed by atoms with van der Waals surface area (Å²) >= 11 is 3.64. The molecule has 0 unspecified atom stereocenters. The van der Waals surface area contributed by atoms with Crippen LogP contribution in [0.4, 0.5) is 0 Å². The van der Waals surface area contributed by atoms with Crippen molar-refractivity contribution in [3.05, 3.63) is 144 Å². The molecule has 3 heteroatoms. The fraction of sp³-hybridized carbons (Fsp3) is 0. The summed E-state index contributed by atoms with van der Waals surface area (Å²) in [5, 5.41) is 4.77. The van der Waals surface area contributed by atoms with Crippen LogP contribution in [0.3, 0.4) is 0 Å². The van der Waals surface area contributed by atoms with E-state index >= 15 is 0 Å². The molecule has 0 saturated carbocycles. The van der Waals surface area contributed by atoms with Crippen LogP contribution in [0.1, 0.15) is 15.9 Å². The molecular formula is C35H22OS2. The maximum Gasteiger partial charge on any atom is 0.193 e. The van der Waals surface area contributed by atoms with Gasteiger partial charge in [-0.1, -0.05) is 115 Å². The zero-order valence-corrected chi connectivity index (χ0v) is 22.1. The molecule has 0 amide bonds. The third kappa shape index (κ3) is 3.88. The molecule has 0 atom stereocenters. The molecule has 0 bridgehead atoms. The highest BCUT2D eigenvalue weighted by atomic mass is 32.1. The molecule has 38 heavy (non-hydrogen) atoms. The van der Waals surface area contributed by atoms with Gasteiger partial charge in [0.1, 0.15) is 0 Å². The lowest BCUT2D eigenvalue weighted by Gasteiger charge is -2.12. The topological polar surface area (TPSA) is 17.1 Å². The van der Waals surface area contributed by atoms with E-state index < -0.39 is 0 Å². The molecule has 2 heterocycles. The van der Waals surface area contributed by atoms with Gasteiger partial charge >= 0.3 is 0 Å². The third-order valence-corrected chi connectivity index (χ3v) is 9.12. The summed E-state index contributed by atoms with van der Waals surface area (Å²) in [5.74, 6) is 0.0476. The number of ketones is 1. The Balaban J connectivity index is 1.43. The van der Waals surface area contributed by atoms with Crippen molar-refractivity contribution in [1.82, 2.24) is 0 Å². The number of hydrogen-bond donors (Lipinski definition) is 0. The van der Waals surface area contributed by atoms with Crippen molar-refractivity contribution in [2.45, 2.75) is 0 Å². The van der Waals surface area contributed by atoms with Gasteiger partial charge in [-0.05, 0) is 34.2 Å². The molecule has 0 radical (unpaired) electrons. The van der Waals surface area contributed by atoms with E-state index in [2.05, 4.69) is 90.3 Å². The summed E-state index contributed by atoms with van der Waals surface area (Å²) < 4.78 is 2.61. The van der Waals surface area contributed by atoms with Crippen LogP contribution >= 0.6 is 22.7 Å². The Bertz CT molecular complexity index is 1800. The van der Waals surface area contributed by atoms with Crippen LogP contribution < -0.4 is 0 Å². The van der Waals surface area contributed by atoms with Gasteiger partial charge in [0.05, 0.1) is 0 Å². The number of thiophene rings is 2. The van der Waals surface area contributed by atoms with E-state index in [1.807, 2.05) is 65.1 Å². The van der Waals surface area contributed by atoms with E-state index in [4.69, 9.17) is 0 Å². The Kier molecular flexibility index (Phi) is 5.73. The smallest absolute Gasteiger partial charge is 0.193 e. The quantitative estimate of drug-likeness (QED) is 0.206. The lowest BCUT2D eigenvalue weighted by atomic mass is 9.93. The zero-order valence-electron chi connectivity index (χ0n) is 20.4. The van der Waals surface area contributed by atoms with Crippen LogP contribution in [0.25, 0.3) is 52.9 Å². The van der Waals surface area contributed by atoms with E-state index in [0.717, 1.165) is 5.56 Å². The van der Waals surface area contributed by atoms with Crippen LogP contribution in [0, 0.1) is 0 Å². The average molecular weight is 523 g/mol. The number of rotatable bonds is 5. The van der Waals surface area contributed by atoms with Gasteiger partial charge in [-0.15, -0.1) is 22.7 Å².